The lowest BCUT2D eigenvalue weighted by Gasteiger charge is -2.15. The van der Waals surface area contributed by atoms with Crippen molar-refractivity contribution in [2.45, 2.75) is 19.5 Å². The molecular formula is C23H24N8. The Morgan fingerprint density at radius 1 is 0.710 bits per heavy atom. The highest BCUT2D eigenvalue weighted by atomic mass is 15.2. The van der Waals surface area contributed by atoms with Crippen LogP contribution in [0.5, 0.6) is 0 Å². The van der Waals surface area contributed by atoms with Crippen LogP contribution < -0.4 is 10.6 Å². The average Bonchev–Trinajstić information content (AvgIpc) is 3.44. The number of aliphatic imine (C=N–C) groups is 2. The molecule has 2 aromatic carbocycles. The largest absolute Gasteiger partial charge is 0.370 e. The molecule has 4 heterocycles. The molecule has 0 saturated heterocycles. The number of imidazole rings is 2. The van der Waals surface area contributed by atoms with E-state index < -0.39 is 0 Å². The van der Waals surface area contributed by atoms with E-state index in [9.17, 15) is 0 Å². The van der Waals surface area contributed by atoms with Gasteiger partial charge in [-0.25, -0.2) is 9.97 Å². The van der Waals surface area contributed by atoms with Gasteiger partial charge >= 0.3 is 0 Å². The van der Waals surface area contributed by atoms with Crippen LogP contribution in [0.15, 0.2) is 59.0 Å². The smallest absolute Gasteiger partial charge is 0.128 e. The summed E-state index contributed by atoms with van der Waals surface area (Å²) in [4.78, 5) is 18.5. The second kappa shape index (κ2) is 7.54. The second-order valence-electron chi connectivity index (χ2n) is 8.00. The van der Waals surface area contributed by atoms with Crippen molar-refractivity contribution in [2.24, 2.45) is 9.98 Å². The van der Waals surface area contributed by atoms with Crippen LogP contribution in [-0.4, -0.2) is 57.0 Å². The molecular weight excluding hydrogens is 388 g/mol. The highest BCUT2D eigenvalue weighted by Crippen LogP contribution is 2.19. The van der Waals surface area contributed by atoms with E-state index in [1.807, 2.05) is 12.7 Å². The number of rotatable bonds is 4. The Balaban J connectivity index is 1.29. The van der Waals surface area contributed by atoms with Gasteiger partial charge in [0.2, 0.25) is 0 Å². The summed E-state index contributed by atoms with van der Waals surface area (Å²) in [6, 6.07) is 12.7. The fourth-order valence-corrected chi connectivity index (χ4v) is 4.26. The van der Waals surface area contributed by atoms with Gasteiger partial charge in [-0.05, 0) is 49.2 Å². The number of nitrogens with zero attached hydrogens (tertiary/aromatic N) is 6. The summed E-state index contributed by atoms with van der Waals surface area (Å²) in [6.07, 6.45) is 5.97. The standard InChI is InChI=1S/C23H24N8/c1-7-24-22(25-8-1)16-3-5-20-18(11-16)28-13-30(20)15-31-14-29-19-12-17(4-6-21(19)31)23-26-9-2-10-27-23/h3-6,11-14H,1-2,7-10,15H2,(H,24,25)(H,26,27). The van der Waals surface area contributed by atoms with Crippen molar-refractivity contribution in [1.29, 1.82) is 0 Å². The summed E-state index contributed by atoms with van der Waals surface area (Å²) in [7, 11) is 0. The van der Waals surface area contributed by atoms with Crippen LogP contribution in [0, 0.1) is 0 Å². The second-order valence-corrected chi connectivity index (χ2v) is 8.00. The fraction of sp³-hybridized carbons (Fsp3) is 0.304. The van der Waals surface area contributed by atoms with E-state index >= 15 is 0 Å². The van der Waals surface area contributed by atoms with Gasteiger partial charge in [0.25, 0.3) is 0 Å². The Kier molecular flexibility index (Phi) is 4.40. The van der Waals surface area contributed by atoms with Gasteiger partial charge in [-0.1, -0.05) is 0 Å². The minimum atomic E-state index is 0.657. The number of benzene rings is 2. The predicted molar refractivity (Wildman–Crippen MR) is 123 cm³/mol. The van der Waals surface area contributed by atoms with Crippen molar-refractivity contribution in [2.75, 3.05) is 26.2 Å². The molecule has 0 amide bonds. The first-order valence-corrected chi connectivity index (χ1v) is 10.8. The third kappa shape index (κ3) is 3.34. The maximum Gasteiger partial charge on any atom is 0.128 e. The molecule has 0 atom stereocenters. The normalized spacial score (nSPS) is 16.6. The Hall–Kier alpha value is -3.68. The van der Waals surface area contributed by atoms with Crippen molar-refractivity contribution in [3.63, 3.8) is 0 Å². The zero-order valence-corrected chi connectivity index (χ0v) is 17.3. The lowest BCUT2D eigenvalue weighted by molar-refractivity contribution is 0.637. The van der Waals surface area contributed by atoms with E-state index in [0.29, 0.717) is 6.67 Å². The van der Waals surface area contributed by atoms with Gasteiger partial charge in [-0.3, -0.25) is 9.98 Å². The van der Waals surface area contributed by atoms with Gasteiger partial charge in [0.05, 0.1) is 34.7 Å². The molecule has 0 spiro atoms. The molecule has 0 bridgehead atoms. The zero-order valence-electron chi connectivity index (χ0n) is 17.3. The minimum Gasteiger partial charge on any atom is -0.370 e. The van der Waals surface area contributed by atoms with E-state index in [0.717, 1.165) is 83.9 Å². The highest BCUT2D eigenvalue weighted by molar-refractivity contribution is 6.02. The van der Waals surface area contributed by atoms with Crippen molar-refractivity contribution < 1.29 is 0 Å². The topological polar surface area (TPSA) is 84.4 Å². The molecule has 2 aliphatic heterocycles. The summed E-state index contributed by atoms with van der Waals surface area (Å²) >= 11 is 0. The van der Waals surface area contributed by atoms with Gasteiger partial charge in [0.15, 0.2) is 0 Å². The van der Waals surface area contributed by atoms with Crippen LogP contribution in [0.3, 0.4) is 0 Å². The summed E-state index contributed by atoms with van der Waals surface area (Å²) in [5.74, 6) is 1.94. The molecule has 0 unspecified atom stereocenters. The van der Waals surface area contributed by atoms with Gasteiger partial charge in [-0.2, -0.15) is 0 Å². The van der Waals surface area contributed by atoms with Gasteiger partial charge in [0, 0.05) is 37.3 Å². The molecule has 0 aliphatic carbocycles. The molecule has 2 aliphatic rings. The van der Waals surface area contributed by atoms with Crippen LogP contribution in [-0.2, 0) is 6.67 Å². The lowest BCUT2D eigenvalue weighted by Crippen LogP contribution is -2.30. The number of nitrogens with one attached hydrogen (secondary N) is 2. The first-order valence-electron chi connectivity index (χ1n) is 10.8. The molecule has 0 radical (unpaired) electrons. The average molecular weight is 413 g/mol. The maximum absolute atomic E-state index is 4.63. The van der Waals surface area contributed by atoms with Crippen molar-refractivity contribution in [3.8, 4) is 0 Å². The molecule has 4 aromatic rings. The number of aromatic nitrogens is 4. The molecule has 6 rings (SSSR count). The number of fused-ring (bicyclic) bond motifs is 2. The third-order valence-corrected chi connectivity index (χ3v) is 5.89. The van der Waals surface area contributed by atoms with Crippen LogP contribution in [0.2, 0.25) is 0 Å². The molecule has 8 heteroatoms. The summed E-state index contributed by atoms with van der Waals surface area (Å²) < 4.78 is 4.30. The molecule has 0 saturated carbocycles. The van der Waals surface area contributed by atoms with E-state index in [1.165, 1.54) is 0 Å². The number of hydrogen-bond donors (Lipinski definition) is 2. The molecule has 2 aromatic heterocycles. The third-order valence-electron chi connectivity index (χ3n) is 5.89. The Morgan fingerprint density at radius 3 is 1.68 bits per heavy atom. The van der Waals surface area contributed by atoms with E-state index in [-0.39, 0.29) is 0 Å². The van der Waals surface area contributed by atoms with E-state index in [2.05, 4.69) is 76.1 Å². The SMILES string of the molecule is c1cc2c(cc1C1=NCCCN1)ncn2Cn1cnc2cc(C3=NCCCN3)ccc21. The Morgan fingerprint density at radius 2 is 1.23 bits per heavy atom. The molecule has 8 nitrogen and oxygen atoms in total. The van der Waals surface area contributed by atoms with Crippen molar-refractivity contribution in [1.82, 2.24) is 29.7 Å². The predicted octanol–water partition coefficient (Wildman–Crippen LogP) is 2.37. The van der Waals surface area contributed by atoms with Crippen molar-refractivity contribution >= 4 is 33.7 Å². The molecule has 2 N–H and O–H groups in total. The fourth-order valence-electron chi connectivity index (χ4n) is 4.26. The molecule has 0 fully saturated rings. The Bertz CT molecular complexity index is 1220. The van der Waals surface area contributed by atoms with Crippen LogP contribution in [0.25, 0.3) is 22.1 Å². The van der Waals surface area contributed by atoms with E-state index in [1.54, 1.807) is 0 Å². The van der Waals surface area contributed by atoms with Crippen LogP contribution in [0.4, 0.5) is 0 Å². The van der Waals surface area contributed by atoms with Crippen LogP contribution in [0.1, 0.15) is 24.0 Å². The first-order chi connectivity index (χ1) is 15.3. The summed E-state index contributed by atoms with van der Waals surface area (Å²) in [5.41, 5.74) is 6.33. The Labute approximate surface area is 179 Å². The molecule has 31 heavy (non-hydrogen) atoms. The molecule has 156 valence electrons. The summed E-state index contributed by atoms with van der Waals surface area (Å²) in [5, 5.41) is 6.76. The minimum absolute atomic E-state index is 0.657. The lowest BCUT2D eigenvalue weighted by atomic mass is 10.1. The van der Waals surface area contributed by atoms with Crippen molar-refractivity contribution in [3.05, 3.63) is 60.2 Å². The zero-order chi connectivity index (χ0) is 20.6. The van der Waals surface area contributed by atoms with Gasteiger partial charge < -0.3 is 19.8 Å². The van der Waals surface area contributed by atoms with E-state index in [4.69, 9.17) is 0 Å². The quantitative estimate of drug-likeness (QED) is 0.539. The summed E-state index contributed by atoms with van der Waals surface area (Å²) in [6.45, 7) is 4.37. The van der Waals surface area contributed by atoms with Crippen LogP contribution >= 0.6 is 0 Å². The van der Waals surface area contributed by atoms with Gasteiger partial charge in [-0.15, -0.1) is 0 Å². The monoisotopic (exact) mass is 412 g/mol. The maximum atomic E-state index is 4.63. The van der Waals surface area contributed by atoms with Gasteiger partial charge in [0.1, 0.15) is 18.3 Å². The number of amidine groups is 2. The number of hydrogen-bond acceptors (Lipinski definition) is 6. The first kappa shape index (κ1) is 18.1. The highest BCUT2D eigenvalue weighted by Gasteiger charge is 2.12.